The fraction of sp³-hybridized carbons (Fsp3) is 0. The Hall–Kier alpha value is -2.18. The molecule has 0 amide bonds. The van der Waals surface area contributed by atoms with Crippen molar-refractivity contribution in [1.82, 2.24) is 19.9 Å². The summed E-state index contributed by atoms with van der Waals surface area (Å²) < 4.78 is 1.02. The fourth-order valence-electron chi connectivity index (χ4n) is 2.37. The van der Waals surface area contributed by atoms with Gasteiger partial charge in [-0.1, -0.05) is 22.0 Å². The van der Waals surface area contributed by atoms with Crippen molar-refractivity contribution in [3.05, 3.63) is 53.7 Å². The minimum atomic E-state index is 0. The molecular weight excluding hydrogens is 366 g/mol. The van der Waals surface area contributed by atoms with E-state index >= 15 is 0 Å². The maximum atomic E-state index is 4.40. The van der Waals surface area contributed by atoms with Crippen molar-refractivity contribution in [3.8, 4) is 0 Å². The molecule has 2 N–H and O–H groups in total. The number of fused-ring (bicyclic) bond motifs is 3. The molecule has 5 nitrogen and oxygen atoms in total. The molecule has 2 aromatic carbocycles. The molecule has 0 aliphatic carbocycles. The molecule has 22 heavy (non-hydrogen) atoms. The quantitative estimate of drug-likeness (QED) is 0.543. The highest BCUT2D eigenvalue weighted by molar-refractivity contribution is 9.10. The molecule has 0 aliphatic heterocycles. The second kappa shape index (κ2) is 5.90. The summed E-state index contributed by atoms with van der Waals surface area (Å²) in [6.45, 7) is 0. The minimum Gasteiger partial charge on any atom is -0.354 e. The van der Waals surface area contributed by atoms with Gasteiger partial charge in [0.15, 0.2) is 0 Å². The summed E-state index contributed by atoms with van der Waals surface area (Å²) in [6.07, 6.45) is 5.02. The molecule has 0 saturated heterocycles. The first-order chi connectivity index (χ1) is 10.3. The lowest BCUT2D eigenvalue weighted by molar-refractivity contribution is 1.22. The van der Waals surface area contributed by atoms with E-state index in [1.54, 1.807) is 18.9 Å². The fourth-order valence-corrected chi connectivity index (χ4v) is 2.77. The average Bonchev–Trinajstić information content (AvgIpc) is 2.97. The Morgan fingerprint density at radius 2 is 2.00 bits per heavy atom. The van der Waals surface area contributed by atoms with Crippen LogP contribution >= 0.6 is 28.3 Å². The number of H-pyrrole nitrogens is 1. The van der Waals surface area contributed by atoms with E-state index in [9.17, 15) is 0 Å². The Labute approximate surface area is 140 Å². The molecule has 0 atom stereocenters. The zero-order valence-corrected chi connectivity index (χ0v) is 13.6. The van der Waals surface area contributed by atoms with Gasteiger partial charge in [-0.15, -0.1) is 12.4 Å². The molecule has 4 aromatic rings. The van der Waals surface area contributed by atoms with E-state index in [0.29, 0.717) is 0 Å². The van der Waals surface area contributed by atoms with Crippen LogP contribution in [0.2, 0.25) is 0 Å². The Balaban J connectivity index is 0.00000144. The zero-order valence-electron chi connectivity index (χ0n) is 11.2. The molecular formula is C15H11BrClN5. The number of halogens is 2. The SMILES string of the molecule is Brc1cccc(Nc2cc3cncnc3c3[nH]cnc23)c1.Cl. The van der Waals surface area contributed by atoms with Gasteiger partial charge in [0.2, 0.25) is 0 Å². The maximum absolute atomic E-state index is 4.40. The van der Waals surface area contributed by atoms with Crippen LogP contribution in [0.25, 0.3) is 21.9 Å². The van der Waals surface area contributed by atoms with E-state index in [4.69, 9.17) is 0 Å². The summed E-state index contributed by atoms with van der Waals surface area (Å²) in [5, 5.41) is 4.36. The van der Waals surface area contributed by atoms with Crippen molar-refractivity contribution >= 4 is 61.6 Å². The maximum Gasteiger partial charge on any atom is 0.116 e. The monoisotopic (exact) mass is 375 g/mol. The van der Waals surface area contributed by atoms with Crippen molar-refractivity contribution in [2.45, 2.75) is 0 Å². The Morgan fingerprint density at radius 1 is 1.09 bits per heavy atom. The third-order valence-electron chi connectivity index (χ3n) is 3.28. The molecule has 0 saturated carbocycles. The Morgan fingerprint density at radius 3 is 2.86 bits per heavy atom. The van der Waals surface area contributed by atoms with Crippen LogP contribution in [0.4, 0.5) is 11.4 Å². The zero-order chi connectivity index (χ0) is 14.2. The number of nitrogens with zero attached hydrogens (tertiary/aromatic N) is 3. The first-order valence-corrected chi connectivity index (χ1v) is 7.19. The lowest BCUT2D eigenvalue weighted by atomic mass is 10.1. The molecule has 0 spiro atoms. The smallest absolute Gasteiger partial charge is 0.116 e. The van der Waals surface area contributed by atoms with Gasteiger partial charge in [-0.05, 0) is 24.3 Å². The predicted octanol–water partition coefficient (Wildman–Crippen LogP) is 4.43. The second-order valence-corrected chi connectivity index (χ2v) is 5.56. The Bertz CT molecular complexity index is 953. The normalized spacial score (nSPS) is 10.6. The third kappa shape index (κ3) is 2.51. The topological polar surface area (TPSA) is 66.5 Å². The lowest BCUT2D eigenvalue weighted by Crippen LogP contribution is -1.93. The van der Waals surface area contributed by atoms with Gasteiger partial charge in [-0.2, -0.15) is 0 Å². The van der Waals surface area contributed by atoms with E-state index < -0.39 is 0 Å². The van der Waals surface area contributed by atoms with Crippen LogP contribution in [0.3, 0.4) is 0 Å². The number of aromatic amines is 1. The van der Waals surface area contributed by atoms with Crippen molar-refractivity contribution < 1.29 is 0 Å². The van der Waals surface area contributed by atoms with Crippen LogP contribution in [0.1, 0.15) is 0 Å². The van der Waals surface area contributed by atoms with Crippen LogP contribution in [-0.2, 0) is 0 Å². The van der Waals surface area contributed by atoms with Crippen LogP contribution in [0, 0.1) is 0 Å². The molecule has 0 unspecified atom stereocenters. The van der Waals surface area contributed by atoms with E-state index in [1.165, 1.54) is 0 Å². The van der Waals surface area contributed by atoms with E-state index in [1.807, 2.05) is 30.3 Å². The Kier molecular flexibility index (Phi) is 3.96. The lowest BCUT2D eigenvalue weighted by Gasteiger charge is -2.09. The molecule has 0 bridgehead atoms. The van der Waals surface area contributed by atoms with Crippen LogP contribution in [0.15, 0.2) is 53.7 Å². The van der Waals surface area contributed by atoms with Crippen molar-refractivity contribution in [2.24, 2.45) is 0 Å². The molecule has 0 aliphatic rings. The highest BCUT2D eigenvalue weighted by atomic mass is 79.9. The van der Waals surface area contributed by atoms with Gasteiger partial charge in [0.1, 0.15) is 11.8 Å². The average molecular weight is 377 g/mol. The van der Waals surface area contributed by atoms with Crippen LogP contribution in [0.5, 0.6) is 0 Å². The van der Waals surface area contributed by atoms with Crippen LogP contribution < -0.4 is 5.32 Å². The summed E-state index contributed by atoms with van der Waals surface area (Å²) in [4.78, 5) is 16.0. The summed E-state index contributed by atoms with van der Waals surface area (Å²) >= 11 is 3.48. The number of nitrogens with one attached hydrogen (secondary N) is 2. The first-order valence-electron chi connectivity index (χ1n) is 6.40. The van der Waals surface area contributed by atoms with Gasteiger partial charge < -0.3 is 10.3 Å². The molecule has 0 fully saturated rings. The third-order valence-corrected chi connectivity index (χ3v) is 3.77. The molecule has 110 valence electrons. The van der Waals surface area contributed by atoms with Gasteiger partial charge >= 0.3 is 0 Å². The number of rotatable bonds is 2. The van der Waals surface area contributed by atoms with E-state index in [2.05, 4.69) is 41.2 Å². The van der Waals surface area contributed by atoms with E-state index in [-0.39, 0.29) is 12.4 Å². The van der Waals surface area contributed by atoms with Gasteiger partial charge in [0, 0.05) is 21.7 Å². The van der Waals surface area contributed by atoms with Gasteiger partial charge in [-0.25, -0.2) is 15.0 Å². The number of hydrogen-bond acceptors (Lipinski definition) is 4. The largest absolute Gasteiger partial charge is 0.354 e. The van der Waals surface area contributed by atoms with E-state index in [0.717, 1.165) is 37.8 Å². The number of benzene rings is 2. The second-order valence-electron chi connectivity index (χ2n) is 4.65. The van der Waals surface area contributed by atoms with Crippen molar-refractivity contribution in [1.29, 1.82) is 0 Å². The summed E-state index contributed by atoms with van der Waals surface area (Å²) in [5.41, 5.74) is 4.56. The molecule has 2 heterocycles. The number of imidazole rings is 1. The highest BCUT2D eigenvalue weighted by Gasteiger charge is 2.10. The van der Waals surface area contributed by atoms with Crippen molar-refractivity contribution in [3.63, 3.8) is 0 Å². The number of hydrogen-bond donors (Lipinski definition) is 2. The van der Waals surface area contributed by atoms with Gasteiger partial charge in [0.25, 0.3) is 0 Å². The van der Waals surface area contributed by atoms with Crippen molar-refractivity contribution in [2.75, 3.05) is 5.32 Å². The molecule has 7 heteroatoms. The summed E-state index contributed by atoms with van der Waals surface area (Å²) in [6, 6.07) is 10.0. The summed E-state index contributed by atoms with van der Waals surface area (Å²) in [7, 11) is 0. The minimum absolute atomic E-state index is 0. The molecule has 2 aromatic heterocycles. The van der Waals surface area contributed by atoms with Crippen LogP contribution in [-0.4, -0.2) is 19.9 Å². The van der Waals surface area contributed by atoms with Gasteiger partial charge in [0.05, 0.1) is 23.0 Å². The number of aromatic nitrogens is 4. The highest BCUT2D eigenvalue weighted by Crippen LogP contribution is 2.30. The molecule has 4 rings (SSSR count). The summed E-state index contributed by atoms with van der Waals surface area (Å²) in [5.74, 6) is 0. The molecule has 0 radical (unpaired) electrons. The first kappa shape index (κ1) is 14.7. The predicted molar refractivity (Wildman–Crippen MR) is 93.9 cm³/mol. The number of anilines is 2. The standard InChI is InChI=1S/C15H10BrN5.ClH/c16-10-2-1-3-11(5-10)21-12-4-9-6-17-7-18-13(9)15-14(12)19-8-20-15;/h1-8,21H,(H,19,20);1H. The van der Waals surface area contributed by atoms with Gasteiger partial charge in [-0.3, -0.25) is 0 Å².